The first kappa shape index (κ1) is 23.1. The molecular weight excluding hydrogens is 449 g/mol. The summed E-state index contributed by atoms with van der Waals surface area (Å²) >= 11 is 33.1. The summed E-state index contributed by atoms with van der Waals surface area (Å²) < 4.78 is 0. The van der Waals surface area contributed by atoms with Crippen molar-refractivity contribution in [2.45, 2.75) is 0 Å². The fourth-order valence-corrected chi connectivity index (χ4v) is 2.70. The minimum atomic E-state index is -1.83. The Morgan fingerprint density at radius 2 is 0.792 bits per heavy atom. The second-order valence-electron chi connectivity index (χ2n) is 3.72. The molecule has 0 atom stereocenters. The molecule has 0 unspecified atom stereocenters. The largest absolute Gasteiger partial charge is 0.505 e. The number of halogens is 6. The van der Waals surface area contributed by atoms with Crippen LogP contribution in [-0.2, 0) is 0 Å². The van der Waals surface area contributed by atoms with Gasteiger partial charge in [0.2, 0.25) is 0 Å². The zero-order chi connectivity index (χ0) is 19.0. The molecule has 0 aliphatic carbocycles. The van der Waals surface area contributed by atoms with Crippen LogP contribution in [0.15, 0.2) is 24.3 Å². The van der Waals surface area contributed by atoms with Gasteiger partial charge in [0.25, 0.3) is 0 Å². The Morgan fingerprint density at radius 3 is 0.958 bits per heavy atom. The first-order chi connectivity index (χ1) is 11.0. The number of phenols is 2. The average Bonchev–Trinajstić information content (AvgIpc) is 2.42. The summed E-state index contributed by atoms with van der Waals surface area (Å²) in [4.78, 5) is 8.56. The summed E-state index contributed by atoms with van der Waals surface area (Å²) in [6.45, 7) is 0. The Morgan fingerprint density at radius 1 is 0.625 bits per heavy atom. The third kappa shape index (κ3) is 8.78. The molecule has 0 saturated heterocycles. The molecular formula is C13H8Cl6O5. The molecule has 0 radical (unpaired) electrons. The number of hydrogen-bond acceptors (Lipinski definition) is 3. The van der Waals surface area contributed by atoms with Crippen LogP contribution in [0.4, 0.5) is 4.79 Å². The quantitative estimate of drug-likeness (QED) is 0.344. The van der Waals surface area contributed by atoms with Gasteiger partial charge in [0.1, 0.15) is 0 Å². The number of phenolic OH excluding ortho intramolecular Hbond substituents is 2. The van der Waals surface area contributed by atoms with Gasteiger partial charge in [0.15, 0.2) is 11.5 Å². The second kappa shape index (κ2) is 10.8. The van der Waals surface area contributed by atoms with E-state index in [4.69, 9.17) is 94.8 Å². The predicted octanol–water partition coefficient (Wildman–Crippen LogP) is 6.93. The highest BCUT2D eigenvalue weighted by Gasteiger charge is 2.04. The lowest BCUT2D eigenvalue weighted by molar-refractivity contribution is 0.137. The smallest absolute Gasteiger partial charge is 0.503 e. The number of hydrogen-bond donors (Lipinski definition) is 4. The summed E-state index contributed by atoms with van der Waals surface area (Å²) in [5.74, 6) is -0.263. The number of benzene rings is 2. The van der Waals surface area contributed by atoms with Gasteiger partial charge in [0, 0.05) is 10.0 Å². The van der Waals surface area contributed by atoms with Gasteiger partial charge in [-0.2, -0.15) is 0 Å². The van der Waals surface area contributed by atoms with Crippen LogP contribution in [0.5, 0.6) is 11.5 Å². The third-order valence-corrected chi connectivity index (χ3v) is 3.55. The van der Waals surface area contributed by atoms with Crippen LogP contribution >= 0.6 is 69.6 Å². The van der Waals surface area contributed by atoms with Crippen molar-refractivity contribution in [3.8, 4) is 11.5 Å². The van der Waals surface area contributed by atoms with E-state index in [-0.39, 0.29) is 31.6 Å². The van der Waals surface area contributed by atoms with Gasteiger partial charge in [-0.25, -0.2) is 4.79 Å². The lowest BCUT2D eigenvalue weighted by Gasteiger charge is -1.98. The molecule has 0 bridgehead atoms. The Bertz CT molecular complexity index is 616. The Labute approximate surface area is 166 Å². The number of carbonyl (C=O) groups is 1. The Kier molecular flexibility index (Phi) is 10.4. The van der Waals surface area contributed by atoms with Crippen molar-refractivity contribution in [1.29, 1.82) is 0 Å². The molecule has 11 heteroatoms. The average molecular weight is 457 g/mol. The molecule has 2 aromatic carbocycles. The highest BCUT2D eigenvalue weighted by atomic mass is 35.5. The first-order valence-electron chi connectivity index (χ1n) is 5.54. The predicted molar refractivity (Wildman–Crippen MR) is 96.9 cm³/mol. The SMILES string of the molecule is O=C(O)O.Oc1c(Cl)cc(Cl)cc1Cl.Oc1c(Cl)cc(Cl)cc1Cl. The monoisotopic (exact) mass is 454 g/mol. The van der Waals surface area contributed by atoms with Crippen LogP contribution in [0.25, 0.3) is 0 Å². The van der Waals surface area contributed by atoms with E-state index in [1.807, 2.05) is 0 Å². The maximum atomic E-state index is 9.01. The molecule has 5 nitrogen and oxygen atoms in total. The van der Waals surface area contributed by atoms with E-state index in [1.54, 1.807) is 0 Å². The van der Waals surface area contributed by atoms with Gasteiger partial charge in [-0.1, -0.05) is 69.6 Å². The van der Waals surface area contributed by atoms with Crippen molar-refractivity contribution in [1.82, 2.24) is 0 Å². The van der Waals surface area contributed by atoms with E-state index in [0.29, 0.717) is 10.0 Å². The van der Waals surface area contributed by atoms with E-state index in [9.17, 15) is 0 Å². The second-order valence-corrected chi connectivity index (χ2v) is 6.22. The van der Waals surface area contributed by atoms with Crippen molar-refractivity contribution < 1.29 is 25.2 Å². The Balaban J connectivity index is 0.000000363. The van der Waals surface area contributed by atoms with E-state index in [2.05, 4.69) is 0 Å². The standard InChI is InChI=1S/2C6H3Cl3O.CH2O3/c2*7-3-1-4(8)6(10)5(9)2-3;2-1(3)4/h2*1-2,10H;(H2,2,3,4). The molecule has 0 fully saturated rings. The molecule has 24 heavy (non-hydrogen) atoms. The topological polar surface area (TPSA) is 98.0 Å². The van der Waals surface area contributed by atoms with Gasteiger partial charge in [0.05, 0.1) is 20.1 Å². The van der Waals surface area contributed by atoms with Gasteiger partial charge in [-0.05, 0) is 24.3 Å². The molecule has 0 heterocycles. The van der Waals surface area contributed by atoms with Crippen LogP contribution in [-0.4, -0.2) is 26.6 Å². The molecule has 0 aliphatic heterocycles. The summed E-state index contributed by atoms with van der Waals surface area (Å²) in [7, 11) is 0. The van der Waals surface area contributed by atoms with E-state index in [0.717, 1.165) is 0 Å². The maximum Gasteiger partial charge on any atom is 0.503 e. The zero-order valence-corrected chi connectivity index (χ0v) is 15.8. The zero-order valence-electron chi connectivity index (χ0n) is 11.3. The third-order valence-electron chi connectivity index (χ3n) is 1.96. The van der Waals surface area contributed by atoms with Crippen molar-refractivity contribution >= 4 is 75.8 Å². The number of aromatic hydroxyl groups is 2. The lowest BCUT2D eigenvalue weighted by Crippen LogP contribution is -1.81. The summed E-state index contributed by atoms with van der Waals surface area (Å²) in [5.41, 5.74) is 0. The highest BCUT2D eigenvalue weighted by molar-refractivity contribution is 6.40. The molecule has 2 aromatic rings. The molecule has 4 N–H and O–H groups in total. The molecule has 0 spiro atoms. The Hall–Kier alpha value is -0.950. The van der Waals surface area contributed by atoms with Crippen molar-refractivity contribution in [2.75, 3.05) is 0 Å². The fraction of sp³-hybridized carbons (Fsp3) is 0. The molecule has 132 valence electrons. The summed E-state index contributed by atoms with van der Waals surface area (Å²) in [6.07, 6.45) is -1.83. The van der Waals surface area contributed by atoms with E-state index >= 15 is 0 Å². The fourth-order valence-electron chi connectivity index (χ4n) is 1.07. The van der Waals surface area contributed by atoms with E-state index < -0.39 is 6.16 Å². The van der Waals surface area contributed by atoms with Crippen molar-refractivity contribution in [3.63, 3.8) is 0 Å². The number of carboxylic acid groups (broad SMARTS) is 2. The maximum absolute atomic E-state index is 9.01. The van der Waals surface area contributed by atoms with Crippen molar-refractivity contribution in [3.05, 3.63) is 54.4 Å². The lowest BCUT2D eigenvalue weighted by atomic mass is 10.3. The minimum absolute atomic E-state index is 0.132. The van der Waals surface area contributed by atoms with Crippen LogP contribution < -0.4 is 0 Å². The highest BCUT2D eigenvalue weighted by Crippen LogP contribution is 2.34. The van der Waals surface area contributed by atoms with Gasteiger partial charge in [-0.15, -0.1) is 0 Å². The van der Waals surface area contributed by atoms with Crippen molar-refractivity contribution in [2.24, 2.45) is 0 Å². The summed E-state index contributed by atoms with van der Waals surface area (Å²) in [6, 6.07) is 5.68. The minimum Gasteiger partial charge on any atom is -0.505 e. The summed E-state index contributed by atoms with van der Waals surface area (Å²) in [5, 5.41) is 33.4. The van der Waals surface area contributed by atoms with E-state index in [1.165, 1.54) is 24.3 Å². The molecule has 0 aliphatic rings. The molecule has 0 amide bonds. The van der Waals surface area contributed by atoms with Crippen LogP contribution in [0.3, 0.4) is 0 Å². The molecule has 2 rings (SSSR count). The number of rotatable bonds is 0. The van der Waals surface area contributed by atoms with Crippen LogP contribution in [0.2, 0.25) is 30.1 Å². The molecule has 0 saturated carbocycles. The van der Waals surface area contributed by atoms with Gasteiger partial charge >= 0.3 is 6.16 Å². The van der Waals surface area contributed by atoms with Gasteiger partial charge in [-0.3, -0.25) is 0 Å². The first-order valence-corrected chi connectivity index (χ1v) is 7.81. The van der Waals surface area contributed by atoms with Gasteiger partial charge < -0.3 is 20.4 Å². The normalized spacial score (nSPS) is 9.25. The van der Waals surface area contributed by atoms with Crippen LogP contribution in [0, 0.1) is 0 Å². The molecule has 0 aromatic heterocycles. The van der Waals surface area contributed by atoms with Crippen LogP contribution in [0.1, 0.15) is 0 Å².